The first-order valence-electron chi connectivity index (χ1n) is 9.69. The van der Waals surface area contributed by atoms with E-state index in [9.17, 15) is 19.2 Å². The molecule has 28 heavy (non-hydrogen) atoms. The van der Waals surface area contributed by atoms with Crippen LogP contribution in [0.1, 0.15) is 49.4 Å². The van der Waals surface area contributed by atoms with Gasteiger partial charge in [-0.05, 0) is 31.4 Å². The minimum Gasteiger partial charge on any atom is -0.452 e. The van der Waals surface area contributed by atoms with Crippen LogP contribution in [0.25, 0.3) is 0 Å². The quantitative estimate of drug-likeness (QED) is 0.743. The van der Waals surface area contributed by atoms with Gasteiger partial charge in [0.15, 0.2) is 6.61 Å². The average molecular weight is 385 g/mol. The van der Waals surface area contributed by atoms with Crippen LogP contribution in [-0.2, 0) is 19.1 Å². The number of hydrogen-bond acceptors (Lipinski definition) is 5. The fourth-order valence-corrected chi connectivity index (χ4v) is 4.02. The van der Waals surface area contributed by atoms with Crippen LogP contribution in [-0.4, -0.2) is 53.4 Å². The summed E-state index contributed by atoms with van der Waals surface area (Å²) < 4.78 is 5.33. The van der Waals surface area contributed by atoms with E-state index in [2.05, 4.69) is 5.32 Å². The van der Waals surface area contributed by atoms with Crippen LogP contribution < -0.4 is 10.2 Å². The van der Waals surface area contributed by atoms with Crippen molar-refractivity contribution in [2.24, 2.45) is 0 Å². The fraction of sp³-hybridized carbons (Fsp3) is 0.500. The zero-order valence-electron chi connectivity index (χ0n) is 15.8. The Hall–Kier alpha value is -2.90. The van der Waals surface area contributed by atoms with Gasteiger partial charge in [-0.15, -0.1) is 0 Å². The number of anilines is 1. The molecule has 3 amide bonds. The lowest BCUT2D eigenvalue weighted by molar-refractivity contribution is -0.160. The number of fused-ring (bicyclic) bond motifs is 3. The number of nitrogens with one attached hydrogen (secondary N) is 1. The lowest BCUT2D eigenvalue weighted by Gasteiger charge is -2.48. The Morgan fingerprint density at radius 1 is 1.25 bits per heavy atom. The Balaban J connectivity index is 1.68. The van der Waals surface area contributed by atoms with Gasteiger partial charge >= 0.3 is 5.97 Å². The molecule has 8 heteroatoms. The van der Waals surface area contributed by atoms with Gasteiger partial charge in [-0.2, -0.15) is 0 Å². The Bertz CT molecular complexity index is 850. The van der Waals surface area contributed by atoms with E-state index >= 15 is 0 Å². The molecule has 1 aromatic rings. The predicted molar refractivity (Wildman–Crippen MR) is 99.3 cm³/mol. The second kappa shape index (κ2) is 6.92. The van der Waals surface area contributed by atoms with E-state index < -0.39 is 18.2 Å². The van der Waals surface area contributed by atoms with Crippen LogP contribution in [0, 0.1) is 0 Å². The van der Waals surface area contributed by atoms with E-state index in [4.69, 9.17) is 4.74 Å². The summed E-state index contributed by atoms with van der Waals surface area (Å²) in [4.78, 5) is 53.9. The second-order valence-electron chi connectivity index (χ2n) is 7.44. The molecule has 0 spiro atoms. The standard InChI is InChI=1S/C20H23N3O5/c1-2-11-22-18(26)14-5-3-4-6-15(14)23-17(25)9-10-20(22,23)19(27)28-12-16(24)21-13-7-8-13/h3-6,13H,2,7-12H2,1H3,(H,21,24)/t20-/m0/s1. The monoisotopic (exact) mass is 385 g/mol. The van der Waals surface area contributed by atoms with Crippen molar-refractivity contribution in [3.8, 4) is 0 Å². The van der Waals surface area contributed by atoms with Gasteiger partial charge in [-0.1, -0.05) is 19.1 Å². The molecule has 2 fully saturated rings. The van der Waals surface area contributed by atoms with Crippen molar-refractivity contribution in [3.63, 3.8) is 0 Å². The number of para-hydroxylation sites is 1. The molecule has 1 saturated carbocycles. The first kappa shape index (κ1) is 18.5. The van der Waals surface area contributed by atoms with Gasteiger partial charge in [0.1, 0.15) is 0 Å². The van der Waals surface area contributed by atoms with Gasteiger partial charge in [-0.3, -0.25) is 19.3 Å². The maximum Gasteiger partial charge on any atom is 0.354 e. The smallest absolute Gasteiger partial charge is 0.354 e. The highest BCUT2D eigenvalue weighted by Crippen LogP contribution is 2.45. The molecule has 1 aliphatic carbocycles. The first-order chi connectivity index (χ1) is 13.5. The van der Waals surface area contributed by atoms with Gasteiger partial charge < -0.3 is 15.0 Å². The maximum atomic E-state index is 13.2. The van der Waals surface area contributed by atoms with Crippen molar-refractivity contribution >= 4 is 29.4 Å². The first-order valence-corrected chi connectivity index (χ1v) is 9.69. The van der Waals surface area contributed by atoms with Crippen molar-refractivity contribution < 1.29 is 23.9 Å². The summed E-state index contributed by atoms with van der Waals surface area (Å²) in [6.07, 6.45) is 2.76. The number of esters is 1. The summed E-state index contributed by atoms with van der Waals surface area (Å²) in [5, 5.41) is 2.76. The van der Waals surface area contributed by atoms with Gasteiger partial charge in [0.05, 0.1) is 11.3 Å². The topological polar surface area (TPSA) is 96.0 Å². The van der Waals surface area contributed by atoms with Crippen molar-refractivity contribution in [2.45, 2.75) is 50.7 Å². The Morgan fingerprint density at radius 2 is 2.00 bits per heavy atom. The zero-order valence-corrected chi connectivity index (χ0v) is 15.8. The largest absolute Gasteiger partial charge is 0.452 e. The highest BCUT2D eigenvalue weighted by molar-refractivity contribution is 6.15. The fourth-order valence-electron chi connectivity index (χ4n) is 4.02. The molecule has 0 bridgehead atoms. The highest BCUT2D eigenvalue weighted by Gasteiger charge is 2.61. The number of carbonyl (C=O) groups is 4. The molecule has 1 N–H and O–H groups in total. The van der Waals surface area contributed by atoms with Crippen LogP contribution in [0.15, 0.2) is 24.3 Å². The molecule has 1 aromatic carbocycles. The molecule has 0 radical (unpaired) electrons. The molecule has 4 rings (SSSR count). The SMILES string of the molecule is CCCN1C(=O)c2ccccc2N2C(=O)CC[C@]12C(=O)OCC(=O)NC1CC1. The predicted octanol–water partition coefficient (Wildman–Crippen LogP) is 1.20. The van der Waals surface area contributed by atoms with Crippen LogP contribution in [0.2, 0.25) is 0 Å². The minimum atomic E-state index is -1.53. The number of amides is 3. The third kappa shape index (κ3) is 2.83. The van der Waals surface area contributed by atoms with Crippen LogP contribution >= 0.6 is 0 Å². The molecule has 0 aromatic heterocycles. The summed E-state index contributed by atoms with van der Waals surface area (Å²) in [5.74, 6) is -1.64. The molecular weight excluding hydrogens is 362 g/mol. The van der Waals surface area contributed by atoms with Gasteiger partial charge in [-0.25, -0.2) is 4.79 Å². The van der Waals surface area contributed by atoms with Gasteiger partial charge in [0.2, 0.25) is 11.6 Å². The number of rotatable bonds is 6. The van der Waals surface area contributed by atoms with E-state index in [1.807, 2.05) is 6.92 Å². The molecule has 2 heterocycles. The van der Waals surface area contributed by atoms with Gasteiger partial charge in [0, 0.05) is 25.4 Å². The van der Waals surface area contributed by atoms with Crippen LogP contribution in [0.4, 0.5) is 5.69 Å². The second-order valence-corrected chi connectivity index (χ2v) is 7.44. The Kier molecular flexibility index (Phi) is 4.56. The molecule has 2 aliphatic heterocycles. The Labute approximate surface area is 162 Å². The lowest BCUT2D eigenvalue weighted by Crippen LogP contribution is -2.68. The number of carbonyl (C=O) groups excluding carboxylic acids is 4. The summed E-state index contributed by atoms with van der Waals surface area (Å²) >= 11 is 0. The molecule has 0 unspecified atom stereocenters. The number of benzene rings is 1. The van der Waals surface area contributed by atoms with Crippen molar-refractivity contribution in [1.29, 1.82) is 0 Å². The van der Waals surface area contributed by atoms with E-state index in [0.717, 1.165) is 12.8 Å². The molecule has 1 saturated heterocycles. The van der Waals surface area contributed by atoms with E-state index in [1.165, 1.54) is 9.80 Å². The van der Waals surface area contributed by atoms with E-state index in [0.29, 0.717) is 24.2 Å². The van der Waals surface area contributed by atoms with Crippen molar-refractivity contribution in [2.75, 3.05) is 18.1 Å². The van der Waals surface area contributed by atoms with Crippen LogP contribution in [0.3, 0.4) is 0 Å². The Morgan fingerprint density at radius 3 is 2.71 bits per heavy atom. The number of ether oxygens (including phenoxy) is 1. The summed E-state index contributed by atoms with van der Waals surface area (Å²) in [7, 11) is 0. The third-order valence-electron chi connectivity index (χ3n) is 5.42. The zero-order chi connectivity index (χ0) is 19.9. The molecule has 148 valence electrons. The van der Waals surface area contributed by atoms with E-state index in [-0.39, 0.29) is 36.6 Å². The van der Waals surface area contributed by atoms with E-state index in [1.54, 1.807) is 24.3 Å². The van der Waals surface area contributed by atoms with Gasteiger partial charge in [0.25, 0.3) is 11.8 Å². The molecule has 3 aliphatic rings. The summed E-state index contributed by atoms with van der Waals surface area (Å²) in [5.41, 5.74) is -0.721. The average Bonchev–Trinajstić information content (AvgIpc) is 3.43. The van der Waals surface area contributed by atoms with Crippen LogP contribution in [0.5, 0.6) is 0 Å². The van der Waals surface area contributed by atoms with Crippen molar-refractivity contribution in [1.82, 2.24) is 10.2 Å². The summed E-state index contributed by atoms with van der Waals surface area (Å²) in [6.45, 7) is 1.78. The molecule has 1 atom stereocenters. The molecular formula is C20H23N3O5. The highest BCUT2D eigenvalue weighted by atomic mass is 16.5. The number of hydrogen-bond donors (Lipinski definition) is 1. The van der Waals surface area contributed by atoms with Crippen molar-refractivity contribution in [3.05, 3.63) is 29.8 Å². The summed E-state index contributed by atoms with van der Waals surface area (Å²) in [6, 6.07) is 6.95. The normalized spacial score (nSPS) is 23.3. The third-order valence-corrected chi connectivity index (χ3v) is 5.42. The maximum absolute atomic E-state index is 13.2. The number of nitrogens with zero attached hydrogens (tertiary/aromatic N) is 2. The molecule has 8 nitrogen and oxygen atoms in total. The lowest BCUT2D eigenvalue weighted by atomic mass is 9.96. The minimum absolute atomic E-state index is 0.130.